The third-order valence-electron chi connectivity index (χ3n) is 2.54. The van der Waals surface area contributed by atoms with Gasteiger partial charge in [0.1, 0.15) is 5.82 Å². The second-order valence-electron chi connectivity index (χ2n) is 3.80. The summed E-state index contributed by atoms with van der Waals surface area (Å²) in [6.07, 6.45) is 0. The lowest BCUT2D eigenvalue weighted by atomic mass is 9.99. The van der Waals surface area contributed by atoms with Gasteiger partial charge >= 0.3 is 0 Å². The molecule has 0 amide bonds. The van der Waals surface area contributed by atoms with Gasteiger partial charge in [-0.25, -0.2) is 4.39 Å². The maximum atomic E-state index is 13.0. The largest absolute Gasteiger partial charge is 0.289 e. The topological polar surface area (TPSA) is 17.1 Å². The maximum absolute atomic E-state index is 13.0. The molecule has 86 valence electrons. The van der Waals surface area contributed by atoms with Crippen molar-refractivity contribution in [2.75, 3.05) is 0 Å². The first-order valence-electron chi connectivity index (χ1n) is 5.14. The first kappa shape index (κ1) is 12.2. The van der Waals surface area contributed by atoms with Gasteiger partial charge in [-0.3, -0.25) is 4.79 Å². The van der Waals surface area contributed by atoms with E-state index >= 15 is 0 Å². The van der Waals surface area contributed by atoms with Crippen molar-refractivity contribution in [2.45, 2.75) is 6.92 Å². The van der Waals surface area contributed by atoms with Crippen LogP contribution >= 0.6 is 22.6 Å². The molecule has 0 aliphatic rings. The molecule has 0 N–H and O–H groups in total. The molecule has 0 aromatic heterocycles. The molecule has 0 aliphatic carbocycles. The predicted molar refractivity (Wildman–Crippen MR) is 73.7 cm³/mol. The normalized spacial score (nSPS) is 10.3. The molecule has 2 rings (SSSR count). The summed E-state index contributed by atoms with van der Waals surface area (Å²) < 4.78 is 14.0. The van der Waals surface area contributed by atoms with Crippen LogP contribution in [0.4, 0.5) is 4.39 Å². The minimum Gasteiger partial charge on any atom is -0.289 e. The minimum absolute atomic E-state index is 0.0705. The molecule has 0 radical (unpaired) electrons. The third-order valence-corrected chi connectivity index (χ3v) is 3.26. The fourth-order valence-corrected chi connectivity index (χ4v) is 2.00. The van der Waals surface area contributed by atoms with Gasteiger partial charge in [-0.15, -0.1) is 0 Å². The van der Waals surface area contributed by atoms with Crippen LogP contribution in [0.2, 0.25) is 0 Å². The van der Waals surface area contributed by atoms with Gasteiger partial charge in [-0.2, -0.15) is 0 Å². The van der Waals surface area contributed by atoms with E-state index in [2.05, 4.69) is 22.6 Å². The quantitative estimate of drug-likeness (QED) is 0.597. The second-order valence-corrected chi connectivity index (χ2v) is 5.04. The molecule has 1 nitrogen and oxygen atoms in total. The van der Waals surface area contributed by atoms with Crippen molar-refractivity contribution in [2.24, 2.45) is 0 Å². The fraction of sp³-hybridized carbons (Fsp3) is 0.0714. The molecule has 0 saturated carbocycles. The van der Waals surface area contributed by atoms with Crippen LogP contribution in [0.15, 0.2) is 42.5 Å². The number of hydrogen-bond acceptors (Lipinski definition) is 1. The Morgan fingerprint density at radius 1 is 1.12 bits per heavy atom. The average molecular weight is 340 g/mol. The molecule has 17 heavy (non-hydrogen) atoms. The molecule has 0 atom stereocenters. The molecule has 2 aromatic carbocycles. The van der Waals surface area contributed by atoms with E-state index in [1.54, 1.807) is 19.1 Å². The molecule has 0 aliphatic heterocycles. The minimum atomic E-state index is -0.318. The van der Waals surface area contributed by atoms with Gasteiger partial charge in [-0.05, 0) is 77.5 Å². The highest BCUT2D eigenvalue weighted by Crippen LogP contribution is 2.16. The van der Waals surface area contributed by atoms with Crippen molar-refractivity contribution in [3.8, 4) is 0 Å². The molecular formula is C14H10FIO. The van der Waals surface area contributed by atoms with Crippen molar-refractivity contribution in [1.82, 2.24) is 0 Å². The molecule has 2 aromatic rings. The van der Waals surface area contributed by atoms with Crippen LogP contribution in [0.3, 0.4) is 0 Å². The molecular weight excluding hydrogens is 330 g/mol. The van der Waals surface area contributed by atoms with Gasteiger partial charge in [0.25, 0.3) is 0 Å². The summed E-state index contributed by atoms with van der Waals surface area (Å²) in [5.74, 6) is -0.388. The average Bonchev–Trinajstić information content (AvgIpc) is 2.29. The van der Waals surface area contributed by atoms with E-state index in [0.29, 0.717) is 16.7 Å². The summed E-state index contributed by atoms with van der Waals surface area (Å²) >= 11 is 2.18. The standard InChI is InChI=1S/C14H10FIO/c1-9-8-11(15)4-7-13(9)14(17)10-2-5-12(16)6-3-10/h2-8H,1H3. The van der Waals surface area contributed by atoms with Crippen LogP contribution in [-0.2, 0) is 0 Å². The summed E-state index contributed by atoms with van der Waals surface area (Å²) in [6, 6.07) is 11.6. The van der Waals surface area contributed by atoms with Crippen LogP contribution < -0.4 is 0 Å². The zero-order valence-corrected chi connectivity index (χ0v) is 11.4. The fourth-order valence-electron chi connectivity index (χ4n) is 1.64. The number of carbonyl (C=O) groups is 1. The molecule has 0 heterocycles. The Morgan fingerprint density at radius 2 is 1.76 bits per heavy atom. The molecule has 0 spiro atoms. The Kier molecular flexibility index (Phi) is 3.57. The number of halogens is 2. The highest BCUT2D eigenvalue weighted by Gasteiger charge is 2.11. The maximum Gasteiger partial charge on any atom is 0.193 e. The van der Waals surface area contributed by atoms with E-state index in [1.807, 2.05) is 12.1 Å². The Hall–Kier alpha value is -1.23. The van der Waals surface area contributed by atoms with Gasteiger partial charge < -0.3 is 0 Å². The van der Waals surface area contributed by atoms with Gasteiger partial charge in [0.2, 0.25) is 0 Å². The highest BCUT2D eigenvalue weighted by molar-refractivity contribution is 14.1. The molecule has 0 saturated heterocycles. The number of carbonyl (C=O) groups excluding carboxylic acids is 1. The Morgan fingerprint density at radius 3 is 2.35 bits per heavy atom. The summed E-state index contributed by atoms with van der Waals surface area (Å²) in [7, 11) is 0. The van der Waals surface area contributed by atoms with E-state index in [4.69, 9.17) is 0 Å². The van der Waals surface area contributed by atoms with Crippen molar-refractivity contribution in [1.29, 1.82) is 0 Å². The highest BCUT2D eigenvalue weighted by atomic mass is 127. The molecule has 0 bridgehead atoms. The molecule has 0 fully saturated rings. The summed E-state index contributed by atoms with van der Waals surface area (Å²) in [5, 5.41) is 0. The van der Waals surface area contributed by atoms with Gasteiger partial charge in [-0.1, -0.05) is 0 Å². The lowest BCUT2D eigenvalue weighted by Gasteiger charge is -2.05. The van der Waals surface area contributed by atoms with Crippen LogP contribution in [0, 0.1) is 16.3 Å². The lowest BCUT2D eigenvalue weighted by Crippen LogP contribution is -2.03. The number of ketones is 1. The molecule has 3 heteroatoms. The van der Waals surface area contributed by atoms with Crippen LogP contribution in [0.1, 0.15) is 21.5 Å². The SMILES string of the molecule is Cc1cc(F)ccc1C(=O)c1ccc(I)cc1. The van der Waals surface area contributed by atoms with Crippen molar-refractivity contribution in [3.63, 3.8) is 0 Å². The zero-order chi connectivity index (χ0) is 12.4. The number of rotatable bonds is 2. The predicted octanol–water partition coefficient (Wildman–Crippen LogP) is 3.97. The van der Waals surface area contributed by atoms with E-state index < -0.39 is 0 Å². The summed E-state index contributed by atoms with van der Waals surface area (Å²) in [6.45, 7) is 1.74. The van der Waals surface area contributed by atoms with Gasteiger partial charge in [0, 0.05) is 14.7 Å². The van der Waals surface area contributed by atoms with E-state index in [0.717, 1.165) is 3.57 Å². The van der Waals surface area contributed by atoms with Gasteiger partial charge in [0.05, 0.1) is 0 Å². The Labute approximate surface area is 113 Å². The summed E-state index contributed by atoms with van der Waals surface area (Å²) in [5.41, 5.74) is 1.83. The first-order chi connectivity index (χ1) is 8.08. The van der Waals surface area contributed by atoms with Crippen molar-refractivity contribution in [3.05, 3.63) is 68.5 Å². The van der Waals surface area contributed by atoms with Crippen LogP contribution in [-0.4, -0.2) is 5.78 Å². The van der Waals surface area contributed by atoms with Crippen molar-refractivity contribution < 1.29 is 9.18 Å². The Balaban J connectivity index is 2.40. The van der Waals surface area contributed by atoms with Crippen LogP contribution in [0.25, 0.3) is 0 Å². The zero-order valence-electron chi connectivity index (χ0n) is 9.21. The van der Waals surface area contributed by atoms with E-state index in [1.165, 1.54) is 18.2 Å². The third kappa shape index (κ3) is 2.72. The molecule has 0 unspecified atom stereocenters. The number of aryl methyl sites for hydroxylation is 1. The smallest absolute Gasteiger partial charge is 0.193 e. The van der Waals surface area contributed by atoms with Crippen LogP contribution in [0.5, 0.6) is 0 Å². The number of benzene rings is 2. The van der Waals surface area contributed by atoms with Gasteiger partial charge in [0.15, 0.2) is 5.78 Å². The lowest BCUT2D eigenvalue weighted by molar-refractivity contribution is 0.103. The van der Waals surface area contributed by atoms with E-state index in [9.17, 15) is 9.18 Å². The van der Waals surface area contributed by atoms with Crippen molar-refractivity contribution >= 4 is 28.4 Å². The second kappa shape index (κ2) is 4.96. The number of hydrogen-bond donors (Lipinski definition) is 0. The Bertz CT molecular complexity index is 561. The monoisotopic (exact) mass is 340 g/mol. The summed E-state index contributed by atoms with van der Waals surface area (Å²) in [4.78, 5) is 12.2. The van der Waals surface area contributed by atoms with E-state index in [-0.39, 0.29) is 11.6 Å². The first-order valence-corrected chi connectivity index (χ1v) is 6.22.